The molecule has 8 heteroatoms. The third-order valence-corrected chi connectivity index (χ3v) is 2.71. The molecule has 1 unspecified atom stereocenters. The van der Waals surface area contributed by atoms with Crippen LogP contribution in [0.2, 0.25) is 0 Å². The van der Waals surface area contributed by atoms with Crippen LogP contribution in [0.15, 0.2) is 16.8 Å². The van der Waals surface area contributed by atoms with Gasteiger partial charge in [-0.15, -0.1) is 11.3 Å². The lowest BCUT2D eigenvalue weighted by Gasteiger charge is -2.12. The van der Waals surface area contributed by atoms with Crippen LogP contribution in [0.4, 0.5) is 0 Å². The average molecular weight is 240 g/mol. The molecular formula is C8H12N6OS. The summed E-state index contributed by atoms with van der Waals surface area (Å²) < 4.78 is 0. The number of rotatable bonds is 7. The Labute approximate surface area is 96.3 Å². The summed E-state index contributed by atoms with van der Waals surface area (Å²) >= 11 is 1.37. The highest BCUT2D eigenvalue weighted by atomic mass is 32.1. The van der Waals surface area contributed by atoms with E-state index in [2.05, 4.69) is 20.3 Å². The summed E-state index contributed by atoms with van der Waals surface area (Å²) in [5.74, 6) is -0.437. The minimum absolute atomic E-state index is 0.400. The lowest BCUT2D eigenvalue weighted by atomic mass is 10.2. The third-order valence-electron chi connectivity index (χ3n) is 1.87. The highest BCUT2D eigenvalue weighted by Gasteiger charge is 2.17. The number of nitrogens with zero attached hydrogens (tertiary/aromatic N) is 4. The van der Waals surface area contributed by atoms with E-state index in [-0.39, 0.29) is 0 Å². The molecule has 0 aromatic carbocycles. The molecule has 0 radical (unpaired) electrons. The van der Waals surface area contributed by atoms with Crippen LogP contribution in [0.3, 0.4) is 0 Å². The van der Waals surface area contributed by atoms with Gasteiger partial charge in [0.05, 0.1) is 10.4 Å². The number of carbonyl (C=O) groups is 1. The maximum absolute atomic E-state index is 11.2. The predicted molar refractivity (Wildman–Crippen MR) is 60.7 cm³/mol. The average Bonchev–Trinajstić information content (AvgIpc) is 2.76. The van der Waals surface area contributed by atoms with Crippen LogP contribution in [-0.2, 0) is 4.79 Å². The van der Waals surface area contributed by atoms with Crippen molar-refractivity contribution in [1.29, 1.82) is 0 Å². The molecule has 0 aliphatic carbocycles. The molecule has 1 aromatic rings. The molecule has 0 spiro atoms. The molecule has 1 amide bonds. The second kappa shape index (κ2) is 6.78. The number of primary amides is 1. The van der Waals surface area contributed by atoms with Gasteiger partial charge in [0, 0.05) is 17.7 Å². The molecule has 0 saturated carbocycles. The van der Waals surface area contributed by atoms with Crippen molar-refractivity contribution in [3.8, 4) is 0 Å². The highest BCUT2D eigenvalue weighted by molar-refractivity contribution is 7.09. The van der Waals surface area contributed by atoms with Gasteiger partial charge in [0.2, 0.25) is 5.91 Å². The number of aromatic nitrogens is 1. The van der Waals surface area contributed by atoms with E-state index in [0.717, 1.165) is 4.88 Å². The van der Waals surface area contributed by atoms with Crippen LogP contribution in [0.25, 0.3) is 10.4 Å². The number of nitrogens with one attached hydrogen (secondary N) is 1. The number of hydrogen-bond donors (Lipinski definition) is 2. The smallest absolute Gasteiger partial charge is 0.240 e. The lowest BCUT2D eigenvalue weighted by molar-refractivity contribution is -0.120. The third kappa shape index (κ3) is 3.85. The normalized spacial score (nSPS) is 11.8. The van der Waals surface area contributed by atoms with Crippen molar-refractivity contribution in [2.45, 2.75) is 12.5 Å². The first-order valence-corrected chi connectivity index (χ1v) is 5.55. The zero-order chi connectivity index (χ0) is 11.8. The van der Waals surface area contributed by atoms with Gasteiger partial charge in [-0.2, -0.15) is 0 Å². The summed E-state index contributed by atoms with van der Waals surface area (Å²) in [6, 6.07) is -0.515. The Bertz CT molecular complexity index is 372. The Balaban J connectivity index is 2.41. The molecule has 0 saturated heterocycles. The van der Waals surface area contributed by atoms with Crippen molar-refractivity contribution < 1.29 is 4.79 Å². The fourth-order valence-electron chi connectivity index (χ4n) is 1.15. The van der Waals surface area contributed by atoms with Gasteiger partial charge in [-0.05, 0) is 18.5 Å². The van der Waals surface area contributed by atoms with E-state index in [1.54, 1.807) is 11.7 Å². The summed E-state index contributed by atoms with van der Waals surface area (Å²) in [6.45, 7) is 0.961. The van der Waals surface area contributed by atoms with Gasteiger partial charge in [0.1, 0.15) is 6.04 Å². The molecule has 1 heterocycles. The molecule has 86 valence electrons. The van der Waals surface area contributed by atoms with Gasteiger partial charge in [0.15, 0.2) is 0 Å². The molecule has 16 heavy (non-hydrogen) atoms. The molecule has 0 aliphatic heterocycles. The maximum atomic E-state index is 11.2. The van der Waals surface area contributed by atoms with Crippen LogP contribution in [0.1, 0.15) is 17.3 Å². The largest absolute Gasteiger partial charge is 0.368 e. The SMILES string of the molecule is [N-]=[N+]=NCCCNC(C(N)=O)c1cncs1. The minimum atomic E-state index is -0.515. The molecule has 0 bridgehead atoms. The first kappa shape index (κ1) is 12.4. The zero-order valence-corrected chi connectivity index (χ0v) is 9.35. The molecule has 3 N–H and O–H groups in total. The molecule has 1 rings (SSSR count). The number of carbonyl (C=O) groups excluding carboxylic acids is 1. The Morgan fingerprint density at radius 3 is 3.19 bits per heavy atom. The van der Waals surface area contributed by atoms with Crippen molar-refractivity contribution in [3.05, 3.63) is 27.0 Å². The monoisotopic (exact) mass is 240 g/mol. The van der Waals surface area contributed by atoms with E-state index < -0.39 is 11.9 Å². The van der Waals surface area contributed by atoms with Gasteiger partial charge in [-0.1, -0.05) is 5.11 Å². The second-order valence-corrected chi connectivity index (χ2v) is 3.92. The topological polar surface area (TPSA) is 117 Å². The van der Waals surface area contributed by atoms with E-state index in [1.165, 1.54) is 11.3 Å². The number of nitrogens with two attached hydrogens (primary N) is 1. The summed E-state index contributed by atoms with van der Waals surface area (Å²) in [4.78, 5) is 18.5. The van der Waals surface area contributed by atoms with Gasteiger partial charge in [0.25, 0.3) is 0 Å². The van der Waals surface area contributed by atoms with Crippen LogP contribution >= 0.6 is 11.3 Å². The molecular weight excluding hydrogens is 228 g/mol. The first-order valence-electron chi connectivity index (χ1n) is 4.67. The number of azide groups is 1. The molecule has 0 fully saturated rings. The maximum Gasteiger partial charge on any atom is 0.240 e. The Kier molecular flexibility index (Phi) is 5.27. The minimum Gasteiger partial charge on any atom is -0.368 e. The Morgan fingerprint density at radius 1 is 1.81 bits per heavy atom. The summed E-state index contributed by atoms with van der Waals surface area (Å²) in [7, 11) is 0. The molecule has 0 aliphatic rings. The Hall–Kier alpha value is -1.63. The molecule has 1 aromatic heterocycles. The zero-order valence-electron chi connectivity index (χ0n) is 8.54. The van der Waals surface area contributed by atoms with Crippen molar-refractivity contribution in [2.24, 2.45) is 10.8 Å². The second-order valence-electron chi connectivity index (χ2n) is 3.00. The van der Waals surface area contributed by atoms with Gasteiger partial charge in [-0.3, -0.25) is 9.78 Å². The predicted octanol–water partition coefficient (Wildman–Crippen LogP) is 0.959. The number of thiazole rings is 1. The van der Waals surface area contributed by atoms with E-state index in [0.29, 0.717) is 19.5 Å². The van der Waals surface area contributed by atoms with E-state index in [1.807, 2.05) is 0 Å². The summed E-state index contributed by atoms with van der Waals surface area (Å²) in [6.07, 6.45) is 2.27. The first-order chi connectivity index (χ1) is 7.75. The number of amides is 1. The lowest BCUT2D eigenvalue weighted by Crippen LogP contribution is -2.33. The molecule has 7 nitrogen and oxygen atoms in total. The summed E-state index contributed by atoms with van der Waals surface area (Å²) in [5, 5.41) is 6.38. The fourth-order valence-corrected chi connectivity index (χ4v) is 1.85. The number of hydrogen-bond acceptors (Lipinski definition) is 5. The van der Waals surface area contributed by atoms with Crippen molar-refractivity contribution in [1.82, 2.24) is 10.3 Å². The van der Waals surface area contributed by atoms with Crippen LogP contribution < -0.4 is 11.1 Å². The standard InChI is InChI=1S/C8H12N6OS/c9-8(15)7(6-4-11-5-16-6)12-2-1-3-13-14-10/h4-5,7,12H,1-3H2,(H2,9,15). The van der Waals surface area contributed by atoms with Gasteiger partial charge < -0.3 is 11.1 Å². The van der Waals surface area contributed by atoms with Crippen LogP contribution in [0.5, 0.6) is 0 Å². The van der Waals surface area contributed by atoms with E-state index >= 15 is 0 Å². The summed E-state index contributed by atoms with van der Waals surface area (Å²) in [5.41, 5.74) is 15.0. The van der Waals surface area contributed by atoms with Crippen molar-refractivity contribution in [2.75, 3.05) is 13.1 Å². The Morgan fingerprint density at radius 2 is 2.62 bits per heavy atom. The quantitative estimate of drug-likeness (QED) is 0.320. The highest BCUT2D eigenvalue weighted by Crippen LogP contribution is 2.16. The van der Waals surface area contributed by atoms with Gasteiger partial charge >= 0.3 is 0 Å². The van der Waals surface area contributed by atoms with E-state index in [9.17, 15) is 4.79 Å². The van der Waals surface area contributed by atoms with Crippen molar-refractivity contribution >= 4 is 17.2 Å². The molecule has 1 atom stereocenters. The van der Waals surface area contributed by atoms with E-state index in [4.69, 9.17) is 11.3 Å². The van der Waals surface area contributed by atoms with Crippen LogP contribution in [0, 0.1) is 0 Å². The fraction of sp³-hybridized carbons (Fsp3) is 0.500. The van der Waals surface area contributed by atoms with Crippen LogP contribution in [-0.4, -0.2) is 24.0 Å². The van der Waals surface area contributed by atoms with Crippen molar-refractivity contribution in [3.63, 3.8) is 0 Å². The van der Waals surface area contributed by atoms with Gasteiger partial charge in [-0.25, -0.2) is 0 Å².